The van der Waals surface area contributed by atoms with Crippen LogP contribution in [0.5, 0.6) is 0 Å². The molecule has 1 aromatic rings. The lowest BCUT2D eigenvalue weighted by Gasteiger charge is -2.42. The molecule has 0 aliphatic carbocycles. The number of piperazine rings is 1. The first kappa shape index (κ1) is 15.7. The van der Waals surface area contributed by atoms with Gasteiger partial charge in [0, 0.05) is 54.5 Å². The SMILES string of the molecule is CC(C)C1CNC(c2ccccc2)CN1CCS(C)=O. The first-order valence-electron chi connectivity index (χ1n) is 7.40. The third kappa shape index (κ3) is 4.14. The minimum absolute atomic E-state index is 0.386. The monoisotopic (exact) mass is 294 g/mol. The highest BCUT2D eigenvalue weighted by Crippen LogP contribution is 2.22. The van der Waals surface area contributed by atoms with Gasteiger partial charge in [-0.3, -0.25) is 9.11 Å². The maximum Gasteiger partial charge on any atom is 0.0449 e. The smallest absolute Gasteiger partial charge is 0.0449 e. The van der Waals surface area contributed by atoms with E-state index in [4.69, 9.17) is 0 Å². The topological polar surface area (TPSA) is 32.3 Å². The van der Waals surface area contributed by atoms with Crippen LogP contribution in [-0.2, 0) is 10.8 Å². The number of nitrogens with zero attached hydrogens (tertiary/aromatic N) is 1. The molecule has 112 valence electrons. The summed E-state index contributed by atoms with van der Waals surface area (Å²) in [4.78, 5) is 2.51. The molecular formula is C16H26N2OS. The highest BCUT2D eigenvalue weighted by molar-refractivity contribution is 7.84. The Bertz CT molecular complexity index is 435. The molecule has 0 bridgehead atoms. The fourth-order valence-corrected chi connectivity index (χ4v) is 3.39. The van der Waals surface area contributed by atoms with Crippen molar-refractivity contribution in [3.8, 4) is 0 Å². The van der Waals surface area contributed by atoms with Gasteiger partial charge in [-0.05, 0) is 11.5 Å². The third-order valence-electron chi connectivity index (χ3n) is 4.10. The molecule has 0 spiro atoms. The maximum absolute atomic E-state index is 11.4. The molecule has 1 saturated heterocycles. The zero-order valence-corrected chi connectivity index (χ0v) is 13.5. The maximum atomic E-state index is 11.4. The summed E-state index contributed by atoms with van der Waals surface area (Å²) >= 11 is 0. The van der Waals surface area contributed by atoms with Crippen LogP contribution >= 0.6 is 0 Å². The molecule has 1 aromatic carbocycles. The second-order valence-electron chi connectivity index (χ2n) is 5.96. The normalized spacial score (nSPS) is 25.8. The molecule has 3 nitrogen and oxygen atoms in total. The Labute approximate surface area is 125 Å². The molecule has 1 fully saturated rings. The molecule has 1 heterocycles. The molecule has 0 aromatic heterocycles. The number of hydrogen-bond donors (Lipinski definition) is 1. The lowest BCUT2D eigenvalue weighted by Crippen LogP contribution is -2.55. The van der Waals surface area contributed by atoms with Crippen molar-refractivity contribution < 1.29 is 4.21 Å². The number of rotatable bonds is 5. The van der Waals surface area contributed by atoms with Gasteiger partial charge in [-0.15, -0.1) is 0 Å². The molecule has 20 heavy (non-hydrogen) atoms. The van der Waals surface area contributed by atoms with Crippen molar-refractivity contribution in [3.63, 3.8) is 0 Å². The summed E-state index contributed by atoms with van der Waals surface area (Å²) in [6.07, 6.45) is 1.79. The summed E-state index contributed by atoms with van der Waals surface area (Å²) in [7, 11) is -0.713. The molecule has 2 rings (SSSR count). The van der Waals surface area contributed by atoms with E-state index in [9.17, 15) is 4.21 Å². The standard InChI is InChI=1S/C16H26N2OS/c1-13(2)16-11-17-15(14-7-5-4-6-8-14)12-18(16)9-10-20(3)19/h4-8,13,15-17H,9-12H2,1-3H3. The van der Waals surface area contributed by atoms with Crippen LogP contribution in [0, 0.1) is 5.92 Å². The van der Waals surface area contributed by atoms with Gasteiger partial charge in [-0.1, -0.05) is 44.2 Å². The third-order valence-corrected chi connectivity index (χ3v) is 4.85. The predicted octanol–water partition coefficient (Wildman–Crippen LogP) is 2.04. The summed E-state index contributed by atoms with van der Waals surface area (Å²) in [5.41, 5.74) is 1.34. The van der Waals surface area contributed by atoms with Crippen molar-refractivity contribution in [3.05, 3.63) is 35.9 Å². The Morgan fingerprint density at radius 1 is 1.35 bits per heavy atom. The van der Waals surface area contributed by atoms with Crippen LogP contribution in [-0.4, -0.2) is 46.8 Å². The van der Waals surface area contributed by atoms with Gasteiger partial charge >= 0.3 is 0 Å². The van der Waals surface area contributed by atoms with Crippen LogP contribution in [0.3, 0.4) is 0 Å². The Kier molecular flexibility index (Phi) is 5.75. The van der Waals surface area contributed by atoms with E-state index < -0.39 is 10.8 Å². The summed E-state index contributed by atoms with van der Waals surface area (Å²) in [5, 5.41) is 3.67. The Balaban J connectivity index is 2.05. The molecule has 0 radical (unpaired) electrons. The van der Waals surface area contributed by atoms with Crippen LogP contribution in [0.1, 0.15) is 25.5 Å². The van der Waals surface area contributed by atoms with Crippen LogP contribution in [0.2, 0.25) is 0 Å². The van der Waals surface area contributed by atoms with Crippen molar-refractivity contribution in [1.82, 2.24) is 10.2 Å². The Morgan fingerprint density at radius 2 is 2.05 bits per heavy atom. The van der Waals surface area contributed by atoms with E-state index in [1.807, 2.05) is 0 Å². The first-order valence-corrected chi connectivity index (χ1v) is 9.13. The molecule has 3 atom stereocenters. The van der Waals surface area contributed by atoms with Gasteiger partial charge in [0.15, 0.2) is 0 Å². The minimum Gasteiger partial charge on any atom is -0.307 e. The van der Waals surface area contributed by atoms with Gasteiger partial charge in [0.2, 0.25) is 0 Å². The quantitative estimate of drug-likeness (QED) is 0.902. The molecule has 3 unspecified atom stereocenters. The van der Waals surface area contributed by atoms with Crippen LogP contribution in [0.4, 0.5) is 0 Å². The molecule has 0 saturated carbocycles. The summed E-state index contributed by atoms with van der Waals surface area (Å²) in [6, 6.07) is 11.5. The zero-order chi connectivity index (χ0) is 14.5. The average Bonchev–Trinajstić information content (AvgIpc) is 2.45. The lowest BCUT2D eigenvalue weighted by molar-refractivity contribution is 0.105. The molecule has 1 N–H and O–H groups in total. The lowest BCUT2D eigenvalue weighted by atomic mass is 9.96. The number of nitrogens with one attached hydrogen (secondary N) is 1. The van der Waals surface area contributed by atoms with Crippen LogP contribution in [0.15, 0.2) is 30.3 Å². The van der Waals surface area contributed by atoms with Gasteiger partial charge < -0.3 is 5.32 Å². The van der Waals surface area contributed by atoms with E-state index in [1.165, 1.54) is 5.56 Å². The highest BCUT2D eigenvalue weighted by atomic mass is 32.2. The van der Waals surface area contributed by atoms with Crippen LogP contribution < -0.4 is 5.32 Å². The Hall–Kier alpha value is -0.710. The number of benzene rings is 1. The summed E-state index contributed by atoms with van der Waals surface area (Å²) in [6.45, 7) is 7.48. The van der Waals surface area contributed by atoms with E-state index in [2.05, 4.69) is 54.4 Å². The fraction of sp³-hybridized carbons (Fsp3) is 0.625. The molecule has 4 heteroatoms. The zero-order valence-electron chi connectivity index (χ0n) is 12.7. The van der Waals surface area contributed by atoms with E-state index in [-0.39, 0.29) is 0 Å². The van der Waals surface area contributed by atoms with Crippen molar-refractivity contribution in [2.75, 3.05) is 31.6 Å². The van der Waals surface area contributed by atoms with Gasteiger partial charge in [0.1, 0.15) is 0 Å². The second-order valence-corrected chi connectivity index (χ2v) is 7.51. The molecule has 1 aliphatic heterocycles. The van der Waals surface area contributed by atoms with Crippen molar-refractivity contribution in [1.29, 1.82) is 0 Å². The first-order chi connectivity index (χ1) is 9.58. The van der Waals surface area contributed by atoms with Crippen molar-refractivity contribution in [2.24, 2.45) is 5.92 Å². The molecule has 0 amide bonds. The van der Waals surface area contributed by atoms with Gasteiger partial charge in [0.05, 0.1) is 0 Å². The number of hydrogen-bond acceptors (Lipinski definition) is 3. The van der Waals surface area contributed by atoms with E-state index in [0.29, 0.717) is 18.0 Å². The summed E-state index contributed by atoms with van der Waals surface area (Å²) in [5.74, 6) is 1.38. The Morgan fingerprint density at radius 3 is 2.65 bits per heavy atom. The fourth-order valence-electron chi connectivity index (χ4n) is 2.90. The summed E-state index contributed by atoms with van der Waals surface area (Å²) < 4.78 is 11.4. The van der Waals surface area contributed by atoms with Gasteiger partial charge in [0.25, 0.3) is 0 Å². The van der Waals surface area contributed by atoms with Crippen LogP contribution in [0.25, 0.3) is 0 Å². The van der Waals surface area contributed by atoms with E-state index in [1.54, 1.807) is 6.26 Å². The van der Waals surface area contributed by atoms with E-state index in [0.717, 1.165) is 25.4 Å². The van der Waals surface area contributed by atoms with Crippen molar-refractivity contribution in [2.45, 2.75) is 25.9 Å². The molecule has 1 aliphatic rings. The van der Waals surface area contributed by atoms with Gasteiger partial charge in [-0.2, -0.15) is 0 Å². The predicted molar refractivity (Wildman–Crippen MR) is 86.3 cm³/mol. The van der Waals surface area contributed by atoms with Crippen molar-refractivity contribution >= 4 is 10.8 Å². The largest absolute Gasteiger partial charge is 0.307 e. The van der Waals surface area contributed by atoms with Gasteiger partial charge in [-0.25, -0.2) is 0 Å². The van der Waals surface area contributed by atoms with E-state index >= 15 is 0 Å². The second kappa shape index (κ2) is 7.34. The molecular weight excluding hydrogens is 268 g/mol. The highest BCUT2D eigenvalue weighted by Gasteiger charge is 2.30. The average molecular weight is 294 g/mol. The minimum atomic E-state index is -0.713.